The lowest BCUT2D eigenvalue weighted by Crippen LogP contribution is -2.29. The van der Waals surface area contributed by atoms with Gasteiger partial charge in [0.25, 0.3) is 5.91 Å². The Morgan fingerprint density at radius 3 is 2.76 bits per heavy atom. The summed E-state index contributed by atoms with van der Waals surface area (Å²) in [6, 6.07) is 13.8. The number of amides is 1. The molecule has 3 aromatic rings. The zero-order valence-electron chi connectivity index (χ0n) is 13.6. The number of halogens is 2. The predicted molar refractivity (Wildman–Crippen MR) is 98.6 cm³/mol. The van der Waals surface area contributed by atoms with Crippen LogP contribution in [0.1, 0.15) is 35.6 Å². The fourth-order valence-corrected chi connectivity index (χ4v) is 2.91. The lowest BCUT2D eigenvalue weighted by atomic mass is 10.1. The number of nitrogens with one attached hydrogen (secondary N) is 2. The highest BCUT2D eigenvalue weighted by atomic mass is 79.9. The third-order valence-electron chi connectivity index (χ3n) is 3.90. The van der Waals surface area contributed by atoms with Gasteiger partial charge in [-0.1, -0.05) is 53.2 Å². The Labute approximate surface area is 153 Å². The van der Waals surface area contributed by atoms with Gasteiger partial charge in [0, 0.05) is 4.47 Å². The molecule has 0 bridgehead atoms. The number of aromatic amines is 1. The van der Waals surface area contributed by atoms with Crippen LogP contribution in [0.2, 0.25) is 0 Å². The van der Waals surface area contributed by atoms with Crippen LogP contribution in [0.5, 0.6) is 0 Å². The van der Waals surface area contributed by atoms with Crippen LogP contribution in [0, 0.1) is 5.82 Å². The number of H-pyrrole nitrogens is 1. The Kier molecular flexibility index (Phi) is 5.28. The van der Waals surface area contributed by atoms with Crippen molar-refractivity contribution in [3.63, 3.8) is 0 Å². The minimum atomic E-state index is -0.556. The Balaban J connectivity index is 1.80. The summed E-state index contributed by atoms with van der Waals surface area (Å²) >= 11 is 3.26. The Hall–Kier alpha value is -2.47. The van der Waals surface area contributed by atoms with Crippen molar-refractivity contribution in [2.24, 2.45) is 0 Å². The lowest BCUT2D eigenvalue weighted by molar-refractivity contribution is 0.0929. The summed E-state index contributed by atoms with van der Waals surface area (Å²) in [6.45, 7) is 1.94. The van der Waals surface area contributed by atoms with Crippen LogP contribution in [-0.4, -0.2) is 15.9 Å². The summed E-state index contributed by atoms with van der Waals surface area (Å²) in [6.07, 6.45) is 2.36. The van der Waals surface area contributed by atoms with E-state index < -0.39 is 11.7 Å². The number of nitrogens with zero attached hydrogens (tertiary/aromatic N) is 1. The molecule has 0 fully saturated rings. The third-order valence-corrected chi connectivity index (χ3v) is 4.39. The van der Waals surface area contributed by atoms with Gasteiger partial charge >= 0.3 is 0 Å². The number of rotatable bonds is 5. The number of carbonyl (C=O) groups excluding carboxylic acids is 1. The average Bonchev–Trinajstić information content (AvgIpc) is 3.12. The number of imidazole rings is 1. The van der Waals surface area contributed by atoms with Crippen molar-refractivity contribution >= 4 is 21.8 Å². The number of hydrogen-bond acceptors (Lipinski definition) is 2. The van der Waals surface area contributed by atoms with E-state index in [0.29, 0.717) is 16.7 Å². The monoisotopic (exact) mass is 401 g/mol. The molecule has 1 heterocycles. The first-order chi connectivity index (χ1) is 12.1. The Morgan fingerprint density at radius 1 is 1.28 bits per heavy atom. The topological polar surface area (TPSA) is 57.8 Å². The molecule has 0 aliphatic rings. The molecule has 1 atom stereocenters. The Bertz CT molecular complexity index is 879. The molecule has 0 aliphatic heterocycles. The van der Waals surface area contributed by atoms with Crippen LogP contribution in [0.4, 0.5) is 4.39 Å². The summed E-state index contributed by atoms with van der Waals surface area (Å²) < 4.78 is 14.5. The van der Waals surface area contributed by atoms with E-state index in [9.17, 15) is 9.18 Å². The number of benzene rings is 2. The molecule has 0 spiro atoms. The molecule has 3 rings (SSSR count). The second-order valence-corrected chi connectivity index (χ2v) is 6.52. The van der Waals surface area contributed by atoms with Crippen molar-refractivity contribution in [2.75, 3.05) is 0 Å². The van der Waals surface area contributed by atoms with Crippen LogP contribution in [-0.2, 0) is 0 Å². The highest BCUT2D eigenvalue weighted by molar-refractivity contribution is 9.10. The van der Waals surface area contributed by atoms with E-state index in [1.807, 2.05) is 37.3 Å². The second-order valence-electron chi connectivity index (χ2n) is 5.61. The largest absolute Gasteiger partial charge is 0.342 e. The summed E-state index contributed by atoms with van der Waals surface area (Å²) in [5.74, 6) is -0.381. The van der Waals surface area contributed by atoms with Crippen molar-refractivity contribution in [1.82, 2.24) is 15.3 Å². The first kappa shape index (κ1) is 17.4. The van der Waals surface area contributed by atoms with Crippen LogP contribution in [0.3, 0.4) is 0 Å². The van der Waals surface area contributed by atoms with E-state index in [2.05, 4.69) is 31.2 Å². The summed E-state index contributed by atoms with van der Waals surface area (Å²) in [7, 11) is 0. The fourth-order valence-electron chi connectivity index (χ4n) is 2.55. The van der Waals surface area contributed by atoms with Gasteiger partial charge in [0.1, 0.15) is 11.6 Å². The van der Waals surface area contributed by atoms with Gasteiger partial charge in [0.15, 0.2) is 0 Å². The molecule has 128 valence electrons. The van der Waals surface area contributed by atoms with Gasteiger partial charge in [0.05, 0.1) is 23.5 Å². The van der Waals surface area contributed by atoms with Gasteiger partial charge < -0.3 is 10.3 Å². The molecule has 0 saturated heterocycles. The van der Waals surface area contributed by atoms with Gasteiger partial charge in [-0.2, -0.15) is 0 Å². The molecule has 4 nitrogen and oxygen atoms in total. The van der Waals surface area contributed by atoms with Crippen molar-refractivity contribution in [1.29, 1.82) is 0 Å². The van der Waals surface area contributed by atoms with E-state index in [0.717, 1.165) is 11.3 Å². The highest BCUT2D eigenvalue weighted by Crippen LogP contribution is 2.22. The molecule has 2 aromatic carbocycles. The standard InChI is InChI=1S/C19H17BrFN3O/c1-2-16(24-19(25)14-10-13(20)8-9-15(14)21)18-22-11-17(23-18)12-6-4-3-5-7-12/h3-11,16H,2H2,1H3,(H,22,23)(H,24,25). The normalized spacial score (nSPS) is 12.0. The maximum atomic E-state index is 13.9. The van der Waals surface area contributed by atoms with Crippen molar-refractivity contribution in [3.05, 3.63) is 76.4 Å². The molecule has 1 aromatic heterocycles. The number of aromatic nitrogens is 2. The summed E-state index contributed by atoms with van der Waals surface area (Å²) in [4.78, 5) is 20.0. The van der Waals surface area contributed by atoms with Gasteiger partial charge in [-0.3, -0.25) is 4.79 Å². The molecule has 1 unspecified atom stereocenters. The molecular formula is C19H17BrFN3O. The summed E-state index contributed by atoms with van der Waals surface area (Å²) in [5.41, 5.74) is 1.89. The SMILES string of the molecule is CCC(NC(=O)c1cc(Br)ccc1F)c1ncc(-c2ccccc2)[nH]1. The van der Waals surface area contributed by atoms with E-state index in [-0.39, 0.29) is 11.6 Å². The average molecular weight is 402 g/mol. The highest BCUT2D eigenvalue weighted by Gasteiger charge is 2.19. The molecular weight excluding hydrogens is 385 g/mol. The maximum Gasteiger partial charge on any atom is 0.254 e. The van der Waals surface area contributed by atoms with Crippen LogP contribution < -0.4 is 5.32 Å². The van der Waals surface area contributed by atoms with E-state index in [1.165, 1.54) is 12.1 Å². The molecule has 6 heteroatoms. The first-order valence-electron chi connectivity index (χ1n) is 7.94. The van der Waals surface area contributed by atoms with E-state index in [1.54, 1.807) is 12.3 Å². The smallest absolute Gasteiger partial charge is 0.254 e. The Morgan fingerprint density at radius 2 is 2.04 bits per heavy atom. The van der Waals surface area contributed by atoms with Crippen molar-refractivity contribution in [3.8, 4) is 11.3 Å². The van der Waals surface area contributed by atoms with Crippen LogP contribution in [0.25, 0.3) is 11.3 Å². The van der Waals surface area contributed by atoms with Crippen molar-refractivity contribution < 1.29 is 9.18 Å². The van der Waals surface area contributed by atoms with Crippen molar-refractivity contribution in [2.45, 2.75) is 19.4 Å². The zero-order valence-corrected chi connectivity index (χ0v) is 15.2. The van der Waals surface area contributed by atoms with Gasteiger partial charge in [-0.05, 0) is 30.2 Å². The van der Waals surface area contributed by atoms with Crippen LogP contribution in [0.15, 0.2) is 59.2 Å². The quantitative estimate of drug-likeness (QED) is 0.641. The van der Waals surface area contributed by atoms with Gasteiger partial charge in [-0.15, -0.1) is 0 Å². The molecule has 0 radical (unpaired) electrons. The lowest BCUT2D eigenvalue weighted by Gasteiger charge is -2.15. The minimum absolute atomic E-state index is 0.00247. The molecule has 1 amide bonds. The third kappa shape index (κ3) is 3.96. The predicted octanol–water partition coefficient (Wildman–Crippen LogP) is 4.86. The maximum absolute atomic E-state index is 13.9. The minimum Gasteiger partial charge on any atom is -0.342 e. The number of carbonyl (C=O) groups is 1. The number of hydrogen-bond donors (Lipinski definition) is 2. The molecule has 2 N–H and O–H groups in total. The second kappa shape index (κ2) is 7.61. The van der Waals surface area contributed by atoms with Gasteiger partial charge in [-0.25, -0.2) is 9.37 Å². The molecule has 0 saturated carbocycles. The zero-order chi connectivity index (χ0) is 17.8. The van der Waals surface area contributed by atoms with Crippen LogP contribution >= 0.6 is 15.9 Å². The van der Waals surface area contributed by atoms with E-state index in [4.69, 9.17) is 0 Å². The molecule has 0 aliphatic carbocycles. The molecule has 25 heavy (non-hydrogen) atoms. The first-order valence-corrected chi connectivity index (χ1v) is 8.74. The fraction of sp³-hybridized carbons (Fsp3) is 0.158. The van der Waals surface area contributed by atoms with Gasteiger partial charge in [0.2, 0.25) is 0 Å². The van der Waals surface area contributed by atoms with E-state index >= 15 is 0 Å². The summed E-state index contributed by atoms with van der Waals surface area (Å²) in [5, 5.41) is 2.84.